The minimum atomic E-state index is -4.78. The lowest BCUT2D eigenvalue weighted by molar-refractivity contribution is -0.236. The molecule has 0 bridgehead atoms. The largest absolute Gasteiger partial charge is 0.756 e. The van der Waals surface area contributed by atoms with Crippen LogP contribution in [0.15, 0.2) is 0 Å². The number of hydrogen-bond donors (Lipinski definition) is 0. The highest BCUT2D eigenvalue weighted by Crippen LogP contribution is 2.46. The monoisotopic (exact) mass is 600 g/mol. The fourth-order valence-corrected chi connectivity index (χ4v) is 6.78. The topological polar surface area (TPSA) is 145 Å². The molecule has 2 rings (SSSR count). The summed E-state index contributed by atoms with van der Waals surface area (Å²) in [6.45, 7) is 10.6. The maximum absolute atomic E-state index is 12.9. The van der Waals surface area contributed by atoms with E-state index in [-0.39, 0.29) is 37.4 Å². The van der Waals surface area contributed by atoms with Crippen LogP contribution in [0.25, 0.3) is 0 Å². The van der Waals surface area contributed by atoms with Crippen LogP contribution >= 0.6 is 15.6 Å². The Morgan fingerprint density at radius 1 is 0.744 bits per heavy atom. The van der Waals surface area contributed by atoms with E-state index in [0.717, 1.165) is 44.9 Å². The fraction of sp³-hybridized carbons (Fsp3) is 1.00. The van der Waals surface area contributed by atoms with E-state index in [4.69, 9.17) is 32.3 Å². The molecule has 0 aliphatic carbocycles. The SMILES string of the molecule is CCCCC[C@H]1CC(OC(C)C)[C@@H](COP(=O)([O-])OC2C[C@H](CCCCC)O[C@@H]2COP(=O)([O-])OC(C)C)O1. The Morgan fingerprint density at radius 2 is 1.23 bits per heavy atom. The molecule has 13 heteroatoms. The van der Waals surface area contributed by atoms with Crippen LogP contribution in [0.2, 0.25) is 0 Å². The second kappa shape index (κ2) is 17.3. The predicted molar refractivity (Wildman–Crippen MR) is 143 cm³/mol. The second-order valence-electron chi connectivity index (χ2n) is 11.1. The van der Waals surface area contributed by atoms with Gasteiger partial charge in [0.1, 0.15) is 12.2 Å². The summed E-state index contributed by atoms with van der Waals surface area (Å²) in [5.41, 5.74) is 0. The molecule has 2 aliphatic heterocycles. The molecule has 11 nitrogen and oxygen atoms in total. The third kappa shape index (κ3) is 13.7. The van der Waals surface area contributed by atoms with Crippen molar-refractivity contribution in [3.8, 4) is 0 Å². The third-order valence-corrected chi connectivity index (χ3v) is 8.80. The van der Waals surface area contributed by atoms with Crippen LogP contribution in [-0.4, -0.2) is 62.0 Å². The predicted octanol–water partition coefficient (Wildman–Crippen LogP) is 5.04. The van der Waals surface area contributed by atoms with Crippen LogP contribution in [0.3, 0.4) is 0 Å². The Hall–Kier alpha value is 0.1000. The molecule has 8 atom stereocenters. The van der Waals surface area contributed by atoms with Gasteiger partial charge in [0, 0.05) is 12.8 Å². The molecule has 0 aromatic carbocycles. The van der Waals surface area contributed by atoms with Crippen molar-refractivity contribution in [3.05, 3.63) is 0 Å². The van der Waals surface area contributed by atoms with Crippen molar-refractivity contribution in [1.82, 2.24) is 0 Å². The molecule has 0 aromatic rings. The highest BCUT2D eigenvalue weighted by Gasteiger charge is 2.41. The first kappa shape index (κ1) is 35.3. The lowest BCUT2D eigenvalue weighted by Gasteiger charge is -2.31. The van der Waals surface area contributed by atoms with Gasteiger partial charge in [-0.05, 0) is 40.5 Å². The molecule has 2 aliphatic rings. The summed E-state index contributed by atoms with van der Waals surface area (Å²) in [6.07, 6.45) is 5.15. The van der Waals surface area contributed by atoms with Gasteiger partial charge in [0.15, 0.2) is 0 Å². The summed E-state index contributed by atoms with van der Waals surface area (Å²) in [5, 5.41) is 0. The van der Waals surface area contributed by atoms with Crippen LogP contribution in [0.4, 0.5) is 0 Å². The third-order valence-electron chi connectivity index (χ3n) is 6.66. The van der Waals surface area contributed by atoms with Gasteiger partial charge in [0.2, 0.25) is 0 Å². The second-order valence-corrected chi connectivity index (χ2v) is 13.8. The summed E-state index contributed by atoms with van der Waals surface area (Å²) in [6, 6.07) is 0. The van der Waals surface area contributed by atoms with Crippen LogP contribution < -0.4 is 9.79 Å². The summed E-state index contributed by atoms with van der Waals surface area (Å²) < 4.78 is 63.5. The molecule has 0 spiro atoms. The smallest absolute Gasteiger partial charge is 0.268 e. The average Bonchev–Trinajstić information content (AvgIpc) is 3.38. The Kier molecular flexibility index (Phi) is 15.6. The van der Waals surface area contributed by atoms with Gasteiger partial charge in [-0.1, -0.05) is 52.4 Å². The van der Waals surface area contributed by atoms with Gasteiger partial charge in [-0.15, -0.1) is 0 Å². The number of ether oxygens (including phenoxy) is 3. The maximum atomic E-state index is 12.9. The first-order valence-electron chi connectivity index (χ1n) is 14.6. The van der Waals surface area contributed by atoms with Crippen LogP contribution in [-0.2, 0) is 41.4 Å². The van der Waals surface area contributed by atoms with E-state index in [9.17, 15) is 18.9 Å². The highest BCUT2D eigenvalue weighted by atomic mass is 31.2. The normalized spacial score (nSPS) is 30.7. The Bertz CT molecular complexity index is 781. The van der Waals surface area contributed by atoms with Crippen molar-refractivity contribution in [3.63, 3.8) is 0 Å². The van der Waals surface area contributed by atoms with Crippen molar-refractivity contribution in [2.24, 2.45) is 0 Å². The number of phosphoric ester groups is 2. The molecule has 2 fully saturated rings. The maximum Gasteiger partial charge on any atom is 0.268 e. The fourth-order valence-electron chi connectivity index (χ4n) is 4.93. The zero-order valence-electron chi connectivity index (χ0n) is 24.5. The van der Waals surface area contributed by atoms with Gasteiger partial charge in [-0.25, -0.2) is 0 Å². The first-order valence-corrected chi connectivity index (χ1v) is 17.5. The van der Waals surface area contributed by atoms with E-state index in [1.54, 1.807) is 13.8 Å². The first-order chi connectivity index (χ1) is 18.3. The number of phosphoric acid groups is 2. The average molecular weight is 601 g/mol. The minimum Gasteiger partial charge on any atom is -0.756 e. The number of unbranched alkanes of at least 4 members (excludes halogenated alkanes) is 4. The Morgan fingerprint density at radius 3 is 1.72 bits per heavy atom. The van der Waals surface area contributed by atoms with Crippen LogP contribution in [0.1, 0.15) is 106 Å². The van der Waals surface area contributed by atoms with Gasteiger partial charge in [0.05, 0.1) is 49.8 Å². The molecule has 232 valence electrons. The molecule has 0 saturated carbocycles. The number of hydrogen-bond acceptors (Lipinski definition) is 11. The molecule has 4 unspecified atom stereocenters. The van der Waals surface area contributed by atoms with Gasteiger partial charge < -0.3 is 42.1 Å². The minimum absolute atomic E-state index is 0.00895. The molecule has 0 N–H and O–H groups in total. The zero-order valence-corrected chi connectivity index (χ0v) is 26.3. The highest BCUT2D eigenvalue weighted by molar-refractivity contribution is 7.46. The Balaban J connectivity index is 1.98. The molecule has 2 saturated heterocycles. The lowest BCUT2D eigenvalue weighted by Crippen LogP contribution is -2.33. The molecular formula is C26H50O11P2-2. The van der Waals surface area contributed by atoms with Crippen molar-refractivity contribution in [2.75, 3.05) is 13.2 Å². The van der Waals surface area contributed by atoms with E-state index in [0.29, 0.717) is 12.8 Å². The van der Waals surface area contributed by atoms with E-state index >= 15 is 0 Å². The molecule has 0 radical (unpaired) electrons. The number of rotatable bonds is 20. The standard InChI is InChI=1S/C26H52O11P2/c1-7-9-11-13-21-15-23(33-19(3)4)25(34-21)17-32-39(29,30)37-24-16-22(14-12-10-8-2)35-26(24)18-31-38(27,28)36-20(5)6/h19-26H,7-18H2,1-6H3,(H,27,28)(H,29,30)/p-2/t21-,22-,23?,24?,25+,26+/m0/s1. The van der Waals surface area contributed by atoms with E-state index in [1.165, 1.54) is 0 Å². The van der Waals surface area contributed by atoms with Crippen molar-refractivity contribution < 1.29 is 51.2 Å². The molecule has 39 heavy (non-hydrogen) atoms. The van der Waals surface area contributed by atoms with Gasteiger partial charge in [-0.3, -0.25) is 9.13 Å². The van der Waals surface area contributed by atoms with Gasteiger partial charge in [-0.2, -0.15) is 0 Å². The summed E-state index contributed by atoms with van der Waals surface area (Å²) >= 11 is 0. The molecule has 0 amide bonds. The van der Waals surface area contributed by atoms with Crippen LogP contribution in [0.5, 0.6) is 0 Å². The summed E-state index contributed by atoms with van der Waals surface area (Å²) in [5.74, 6) is 0. The molecular weight excluding hydrogens is 550 g/mol. The van der Waals surface area contributed by atoms with Crippen LogP contribution in [0, 0.1) is 0 Å². The lowest BCUT2D eigenvalue weighted by atomic mass is 10.1. The van der Waals surface area contributed by atoms with E-state index in [2.05, 4.69) is 13.8 Å². The summed E-state index contributed by atoms with van der Waals surface area (Å²) in [4.78, 5) is 24.9. The van der Waals surface area contributed by atoms with Gasteiger partial charge in [0.25, 0.3) is 15.6 Å². The van der Waals surface area contributed by atoms with Gasteiger partial charge >= 0.3 is 0 Å². The molecule has 0 aromatic heterocycles. The van der Waals surface area contributed by atoms with E-state index in [1.807, 2.05) is 13.8 Å². The van der Waals surface area contributed by atoms with Crippen molar-refractivity contribution >= 4 is 15.6 Å². The quantitative estimate of drug-likeness (QED) is 0.137. The van der Waals surface area contributed by atoms with Crippen molar-refractivity contribution in [1.29, 1.82) is 0 Å². The summed E-state index contributed by atoms with van der Waals surface area (Å²) in [7, 11) is -9.36. The zero-order chi connectivity index (χ0) is 29.1. The molecule has 2 heterocycles. The van der Waals surface area contributed by atoms with Crippen molar-refractivity contribution in [2.45, 2.75) is 155 Å². The van der Waals surface area contributed by atoms with E-state index < -0.39 is 46.7 Å². The Labute approximate surface area is 234 Å².